The maximum absolute atomic E-state index is 12.6. The van der Waals surface area contributed by atoms with E-state index in [0.29, 0.717) is 45.2 Å². The third-order valence-corrected chi connectivity index (χ3v) is 4.65. The predicted molar refractivity (Wildman–Crippen MR) is 125 cm³/mol. The van der Waals surface area contributed by atoms with Crippen LogP contribution in [-0.2, 0) is 19.2 Å². The van der Waals surface area contributed by atoms with E-state index < -0.39 is 48.4 Å². The molecule has 0 bridgehead atoms. The first-order valence-electron chi connectivity index (χ1n) is 11.1. The molecule has 0 aliphatic rings. The number of nitrogens with zero attached hydrogens (tertiary/aromatic N) is 1. The zero-order valence-electron chi connectivity index (χ0n) is 19.5. The molecule has 0 rings (SSSR count). The van der Waals surface area contributed by atoms with Crippen molar-refractivity contribution in [2.45, 2.75) is 70.5 Å². The lowest BCUT2D eigenvalue weighted by Crippen LogP contribution is -2.53. The maximum Gasteiger partial charge on any atom is 0.326 e. The molecule has 0 fully saturated rings. The van der Waals surface area contributed by atoms with Crippen LogP contribution in [0.3, 0.4) is 0 Å². The third-order valence-electron chi connectivity index (χ3n) is 4.65. The lowest BCUT2D eigenvalue weighted by atomic mass is 10.0. The van der Waals surface area contributed by atoms with Crippen LogP contribution in [0, 0.1) is 5.92 Å². The smallest absolute Gasteiger partial charge is 0.326 e. The summed E-state index contributed by atoms with van der Waals surface area (Å²) >= 11 is 0. The van der Waals surface area contributed by atoms with Crippen molar-refractivity contribution in [1.82, 2.24) is 16.0 Å². The van der Waals surface area contributed by atoms with Gasteiger partial charge in [0.05, 0.1) is 12.6 Å². The number of carbonyl (C=O) groups excluding carboxylic acids is 3. The summed E-state index contributed by atoms with van der Waals surface area (Å²) in [4.78, 5) is 52.2. The molecular formula is C20H40N8O5. The summed E-state index contributed by atoms with van der Waals surface area (Å²) in [5.74, 6) is -2.86. The van der Waals surface area contributed by atoms with Crippen LogP contribution in [0.5, 0.6) is 0 Å². The number of amides is 3. The standard InChI is InChI=1S/C20H40N8O5/c1-12(2)10-15(19(32)33)27-16(29)11-26-18(31)14(7-3-4-8-21)28-17(30)13(22)6-5-9-25-20(23)24/h12-15H,3-11,21-22H2,1-2H3,(H,26,31)(H,27,29)(H,28,30)(H,32,33)(H4,23,24,25). The Morgan fingerprint density at radius 2 is 1.61 bits per heavy atom. The van der Waals surface area contributed by atoms with E-state index in [9.17, 15) is 24.3 Å². The number of aliphatic imine (C=N–C) groups is 1. The van der Waals surface area contributed by atoms with Gasteiger partial charge in [-0.05, 0) is 51.0 Å². The van der Waals surface area contributed by atoms with Gasteiger partial charge in [0, 0.05) is 6.54 Å². The fourth-order valence-corrected chi connectivity index (χ4v) is 2.92. The van der Waals surface area contributed by atoms with E-state index in [1.807, 2.05) is 13.8 Å². The van der Waals surface area contributed by atoms with E-state index in [1.165, 1.54) is 0 Å². The number of nitrogens with two attached hydrogens (primary N) is 4. The molecule has 0 aromatic heterocycles. The van der Waals surface area contributed by atoms with E-state index in [4.69, 9.17) is 22.9 Å². The number of hydrogen-bond acceptors (Lipinski definition) is 7. The number of hydrogen-bond donors (Lipinski definition) is 8. The van der Waals surface area contributed by atoms with Crippen LogP contribution in [0.4, 0.5) is 0 Å². The lowest BCUT2D eigenvalue weighted by Gasteiger charge is -2.21. The van der Waals surface area contributed by atoms with Crippen LogP contribution >= 0.6 is 0 Å². The van der Waals surface area contributed by atoms with E-state index in [1.54, 1.807) is 0 Å². The third kappa shape index (κ3) is 14.7. The molecule has 3 unspecified atom stereocenters. The quantitative estimate of drug-likeness (QED) is 0.0644. The molecular weight excluding hydrogens is 432 g/mol. The van der Waals surface area contributed by atoms with Crippen molar-refractivity contribution >= 4 is 29.7 Å². The molecule has 0 saturated heterocycles. The summed E-state index contributed by atoms with van der Waals surface area (Å²) in [7, 11) is 0. The van der Waals surface area contributed by atoms with Gasteiger partial charge in [0.1, 0.15) is 12.1 Å². The second kappa shape index (κ2) is 16.7. The highest BCUT2D eigenvalue weighted by Crippen LogP contribution is 2.05. The fourth-order valence-electron chi connectivity index (χ4n) is 2.92. The molecule has 0 spiro atoms. The first-order chi connectivity index (χ1) is 15.5. The summed E-state index contributed by atoms with van der Waals surface area (Å²) in [6.07, 6.45) is 2.60. The Morgan fingerprint density at radius 3 is 2.15 bits per heavy atom. The van der Waals surface area contributed by atoms with Crippen LogP contribution in [0.25, 0.3) is 0 Å². The molecule has 0 radical (unpaired) electrons. The topological polar surface area (TPSA) is 241 Å². The number of guanidine groups is 1. The van der Waals surface area contributed by atoms with Gasteiger partial charge in [-0.1, -0.05) is 13.8 Å². The highest BCUT2D eigenvalue weighted by Gasteiger charge is 2.25. The maximum atomic E-state index is 12.6. The predicted octanol–water partition coefficient (Wildman–Crippen LogP) is -2.29. The molecule has 0 saturated carbocycles. The average Bonchev–Trinajstić information content (AvgIpc) is 2.73. The molecule has 33 heavy (non-hydrogen) atoms. The summed E-state index contributed by atoms with van der Waals surface area (Å²) in [6.45, 7) is 4.01. The number of carbonyl (C=O) groups is 4. The zero-order valence-corrected chi connectivity index (χ0v) is 19.5. The highest BCUT2D eigenvalue weighted by atomic mass is 16.4. The van der Waals surface area contributed by atoms with Crippen molar-refractivity contribution in [3.8, 4) is 0 Å². The van der Waals surface area contributed by atoms with Gasteiger partial charge in [-0.15, -0.1) is 0 Å². The van der Waals surface area contributed by atoms with Crippen LogP contribution in [0.15, 0.2) is 4.99 Å². The fraction of sp³-hybridized carbons (Fsp3) is 0.750. The van der Waals surface area contributed by atoms with E-state index in [0.717, 1.165) is 0 Å². The Bertz CT molecular complexity index is 667. The summed E-state index contributed by atoms with van der Waals surface area (Å²) < 4.78 is 0. The number of unbranched alkanes of at least 4 members (excludes halogenated alkanes) is 1. The van der Waals surface area contributed by atoms with Crippen LogP contribution in [0.1, 0.15) is 52.4 Å². The summed E-state index contributed by atoms with van der Waals surface area (Å²) in [5.41, 5.74) is 21.9. The Hall–Kier alpha value is -2.93. The molecule has 0 aromatic carbocycles. The van der Waals surface area contributed by atoms with Gasteiger partial charge in [0.2, 0.25) is 17.7 Å². The van der Waals surface area contributed by atoms with Crippen molar-refractivity contribution in [3.05, 3.63) is 0 Å². The minimum atomic E-state index is -1.15. The van der Waals surface area contributed by atoms with Gasteiger partial charge in [0.25, 0.3) is 0 Å². The molecule has 0 heterocycles. The second-order valence-corrected chi connectivity index (χ2v) is 8.21. The number of rotatable bonds is 17. The molecule has 3 amide bonds. The van der Waals surface area contributed by atoms with Crippen molar-refractivity contribution < 1.29 is 24.3 Å². The van der Waals surface area contributed by atoms with Gasteiger partial charge >= 0.3 is 5.97 Å². The van der Waals surface area contributed by atoms with E-state index in [-0.39, 0.29) is 18.3 Å². The van der Waals surface area contributed by atoms with Gasteiger partial charge in [0.15, 0.2) is 5.96 Å². The van der Waals surface area contributed by atoms with E-state index >= 15 is 0 Å². The zero-order chi connectivity index (χ0) is 25.4. The molecule has 0 aliphatic carbocycles. The molecule has 13 nitrogen and oxygen atoms in total. The Balaban J connectivity index is 4.83. The monoisotopic (exact) mass is 472 g/mol. The largest absolute Gasteiger partial charge is 0.480 e. The van der Waals surface area contributed by atoms with Gasteiger partial charge in [-0.2, -0.15) is 0 Å². The molecule has 190 valence electrons. The molecule has 13 heteroatoms. The highest BCUT2D eigenvalue weighted by molar-refractivity contribution is 5.92. The van der Waals surface area contributed by atoms with Crippen molar-refractivity contribution in [3.63, 3.8) is 0 Å². The normalized spacial score (nSPS) is 13.5. The van der Waals surface area contributed by atoms with Gasteiger partial charge < -0.3 is 44.0 Å². The van der Waals surface area contributed by atoms with Crippen molar-refractivity contribution in [2.75, 3.05) is 19.6 Å². The van der Waals surface area contributed by atoms with Crippen molar-refractivity contribution in [2.24, 2.45) is 33.8 Å². The lowest BCUT2D eigenvalue weighted by molar-refractivity contribution is -0.142. The summed E-state index contributed by atoms with van der Waals surface area (Å²) in [5, 5.41) is 16.7. The first kappa shape index (κ1) is 30.1. The first-order valence-corrected chi connectivity index (χ1v) is 11.1. The number of carboxylic acid groups (broad SMARTS) is 1. The molecule has 3 atom stereocenters. The summed E-state index contributed by atoms with van der Waals surface area (Å²) in [6, 6.07) is -2.82. The second-order valence-electron chi connectivity index (χ2n) is 8.21. The SMILES string of the molecule is CC(C)CC(NC(=O)CNC(=O)C(CCCCN)NC(=O)C(N)CCCN=C(N)N)C(=O)O. The number of aliphatic carboxylic acids is 1. The molecule has 12 N–H and O–H groups in total. The van der Waals surface area contributed by atoms with Crippen LogP contribution in [0.2, 0.25) is 0 Å². The van der Waals surface area contributed by atoms with Crippen LogP contribution in [-0.4, -0.2) is 72.5 Å². The molecule has 0 aliphatic heterocycles. The Labute approximate surface area is 194 Å². The minimum absolute atomic E-state index is 0.0485. The Morgan fingerprint density at radius 1 is 0.939 bits per heavy atom. The van der Waals surface area contributed by atoms with Crippen LogP contribution < -0.4 is 38.9 Å². The van der Waals surface area contributed by atoms with Gasteiger partial charge in [-0.25, -0.2) is 4.79 Å². The van der Waals surface area contributed by atoms with Crippen molar-refractivity contribution in [1.29, 1.82) is 0 Å². The molecule has 0 aromatic rings. The average molecular weight is 473 g/mol. The number of nitrogens with one attached hydrogen (secondary N) is 3. The Kier molecular flexibility index (Phi) is 15.2. The minimum Gasteiger partial charge on any atom is -0.480 e. The van der Waals surface area contributed by atoms with Gasteiger partial charge in [-0.3, -0.25) is 19.4 Å². The van der Waals surface area contributed by atoms with E-state index in [2.05, 4.69) is 20.9 Å². The number of carboxylic acids is 1.